The summed E-state index contributed by atoms with van der Waals surface area (Å²) in [6.45, 7) is 3.41. The first-order valence-corrected chi connectivity index (χ1v) is 11.1. The molecule has 6 nitrogen and oxygen atoms in total. The van der Waals surface area contributed by atoms with Gasteiger partial charge in [0.05, 0.1) is 26.4 Å². The van der Waals surface area contributed by atoms with Gasteiger partial charge in [0.15, 0.2) is 0 Å². The summed E-state index contributed by atoms with van der Waals surface area (Å²) >= 11 is 0. The zero-order chi connectivity index (χ0) is 19.5. The van der Waals surface area contributed by atoms with E-state index in [4.69, 9.17) is 0 Å². The van der Waals surface area contributed by atoms with E-state index in [1.165, 1.54) is 57.8 Å². The number of nitrogens with zero attached hydrogens (tertiary/aromatic N) is 2. The highest BCUT2D eigenvalue weighted by molar-refractivity contribution is 4.84. The van der Waals surface area contributed by atoms with Crippen LogP contribution in [-0.4, -0.2) is 94.9 Å². The van der Waals surface area contributed by atoms with Crippen LogP contribution in [0.15, 0.2) is 0 Å². The van der Waals surface area contributed by atoms with E-state index >= 15 is 0 Å². The van der Waals surface area contributed by atoms with Crippen molar-refractivity contribution in [1.82, 2.24) is 9.80 Å². The van der Waals surface area contributed by atoms with Crippen LogP contribution >= 0.6 is 0 Å². The molecule has 0 aromatic rings. The van der Waals surface area contributed by atoms with Crippen LogP contribution in [0.1, 0.15) is 57.8 Å². The molecule has 4 N–H and O–H groups in total. The fourth-order valence-corrected chi connectivity index (χ4v) is 5.43. The Labute approximate surface area is 165 Å². The molecule has 27 heavy (non-hydrogen) atoms. The quantitative estimate of drug-likeness (QED) is 0.401. The second-order valence-electron chi connectivity index (χ2n) is 8.55. The first-order valence-electron chi connectivity index (χ1n) is 11.1. The van der Waals surface area contributed by atoms with Gasteiger partial charge in [-0.15, -0.1) is 0 Å². The Balaban J connectivity index is 1.69. The zero-order valence-electron chi connectivity index (χ0n) is 17.0. The van der Waals surface area contributed by atoms with Gasteiger partial charge in [-0.1, -0.05) is 0 Å². The third-order valence-corrected chi connectivity index (χ3v) is 6.88. The number of aliphatic hydroxyl groups excluding tert-OH is 4. The predicted molar refractivity (Wildman–Crippen MR) is 108 cm³/mol. The Morgan fingerprint density at radius 3 is 1.04 bits per heavy atom. The van der Waals surface area contributed by atoms with Crippen LogP contribution in [0.3, 0.4) is 0 Å². The molecule has 0 spiro atoms. The third-order valence-electron chi connectivity index (χ3n) is 6.88. The van der Waals surface area contributed by atoms with Crippen LogP contribution in [0.5, 0.6) is 0 Å². The van der Waals surface area contributed by atoms with Crippen LogP contribution in [0.2, 0.25) is 0 Å². The van der Waals surface area contributed by atoms with E-state index in [1.807, 2.05) is 0 Å². The summed E-state index contributed by atoms with van der Waals surface area (Å²) in [5.41, 5.74) is 0. The minimum atomic E-state index is 0.173. The molecule has 0 saturated heterocycles. The predicted octanol–water partition coefficient (Wildman–Crippen LogP) is 1.07. The molecule has 0 bridgehead atoms. The van der Waals surface area contributed by atoms with Gasteiger partial charge in [0.1, 0.15) is 0 Å². The number of hydrogen-bond donors (Lipinski definition) is 4. The fraction of sp³-hybridized carbons (Fsp3) is 1.00. The summed E-state index contributed by atoms with van der Waals surface area (Å²) in [4.78, 5) is 4.52. The molecule has 0 amide bonds. The molecule has 2 saturated carbocycles. The molecule has 6 heteroatoms. The molecular weight excluding hydrogens is 344 g/mol. The average molecular weight is 387 g/mol. The standard InChI is InChI=1S/C21H42N2O4/c24-13-9-22(10-14-25)20-5-1-18(2-6-20)17-19-3-7-21(8-4-19)23(11-15-26)12-16-27/h18-21,24-27H,1-17H2. The summed E-state index contributed by atoms with van der Waals surface area (Å²) < 4.78 is 0. The Hall–Kier alpha value is -0.240. The molecule has 0 aromatic carbocycles. The van der Waals surface area contributed by atoms with E-state index in [9.17, 15) is 20.4 Å². The molecular formula is C21H42N2O4. The number of aliphatic hydroxyl groups is 4. The van der Waals surface area contributed by atoms with Crippen molar-refractivity contribution in [3.8, 4) is 0 Å². The van der Waals surface area contributed by atoms with Gasteiger partial charge in [0, 0.05) is 38.3 Å². The van der Waals surface area contributed by atoms with Crippen LogP contribution in [0.25, 0.3) is 0 Å². The van der Waals surface area contributed by atoms with Crippen molar-refractivity contribution >= 4 is 0 Å². The van der Waals surface area contributed by atoms with Crippen LogP contribution in [-0.2, 0) is 0 Å². The lowest BCUT2D eigenvalue weighted by Crippen LogP contribution is -2.42. The average Bonchev–Trinajstić information content (AvgIpc) is 2.69. The molecule has 0 heterocycles. The first kappa shape index (κ1) is 23.0. The Kier molecular flexibility index (Phi) is 11.2. The highest BCUT2D eigenvalue weighted by Crippen LogP contribution is 2.37. The van der Waals surface area contributed by atoms with E-state index in [-0.39, 0.29) is 26.4 Å². The van der Waals surface area contributed by atoms with Crippen LogP contribution in [0, 0.1) is 11.8 Å². The molecule has 2 aliphatic rings. The molecule has 0 unspecified atom stereocenters. The topological polar surface area (TPSA) is 87.4 Å². The minimum absolute atomic E-state index is 0.173. The molecule has 0 aromatic heterocycles. The van der Waals surface area contributed by atoms with Gasteiger partial charge < -0.3 is 20.4 Å². The summed E-state index contributed by atoms with van der Waals surface area (Å²) in [7, 11) is 0. The van der Waals surface area contributed by atoms with Crippen molar-refractivity contribution in [3.05, 3.63) is 0 Å². The largest absolute Gasteiger partial charge is 0.395 e. The van der Waals surface area contributed by atoms with E-state index in [0.29, 0.717) is 38.3 Å². The second-order valence-corrected chi connectivity index (χ2v) is 8.55. The Morgan fingerprint density at radius 2 is 0.778 bits per heavy atom. The first-order chi connectivity index (χ1) is 13.2. The Bertz CT molecular complexity index is 323. The Morgan fingerprint density at radius 1 is 0.481 bits per heavy atom. The SMILES string of the molecule is OCCN(CCO)C1CCC(CC2CCC(N(CCO)CCO)CC2)CC1. The molecule has 0 aliphatic heterocycles. The molecule has 0 atom stereocenters. The van der Waals surface area contributed by atoms with Gasteiger partial charge in [-0.2, -0.15) is 0 Å². The van der Waals surface area contributed by atoms with Crippen molar-refractivity contribution in [2.24, 2.45) is 11.8 Å². The second kappa shape index (κ2) is 13.1. The van der Waals surface area contributed by atoms with Crippen LogP contribution < -0.4 is 0 Å². The zero-order valence-corrected chi connectivity index (χ0v) is 17.0. The van der Waals surface area contributed by atoms with Crippen molar-refractivity contribution in [1.29, 1.82) is 0 Å². The fourth-order valence-electron chi connectivity index (χ4n) is 5.43. The van der Waals surface area contributed by atoms with Crippen molar-refractivity contribution < 1.29 is 20.4 Å². The maximum absolute atomic E-state index is 9.24. The highest BCUT2D eigenvalue weighted by atomic mass is 16.3. The normalized spacial score (nSPS) is 29.6. The summed E-state index contributed by atoms with van der Waals surface area (Å²) in [5.74, 6) is 1.66. The van der Waals surface area contributed by atoms with Gasteiger partial charge in [0.25, 0.3) is 0 Å². The molecule has 160 valence electrons. The van der Waals surface area contributed by atoms with Crippen molar-refractivity contribution in [3.63, 3.8) is 0 Å². The van der Waals surface area contributed by atoms with Gasteiger partial charge >= 0.3 is 0 Å². The molecule has 2 rings (SSSR count). The van der Waals surface area contributed by atoms with Gasteiger partial charge in [-0.3, -0.25) is 9.80 Å². The monoisotopic (exact) mass is 386 g/mol. The smallest absolute Gasteiger partial charge is 0.0558 e. The third kappa shape index (κ3) is 7.59. The number of rotatable bonds is 12. The molecule has 0 radical (unpaired) electrons. The highest BCUT2D eigenvalue weighted by Gasteiger charge is 2.30. The van der Waals surface area contributed by atoms with E-state index in [1.54, 1.807) is 0 Å². The number of hydrogen-bond acceptors (Lipinski definition) is 6. The van der Waals surface area contributed by atoms with Gasteiger partial charge in [0.2, 0.25) is 0 Å². The maximum atomic E-state index is 9.24. The lowest BCUT2D eigenvalue weighted by Gasteiger charge is -2.39. The van der Waals surface area contributed by atoms with Gasteiger partial charge in [-0.05, 0) is 69.6 Å². The van der Waals surface area contributed by atoms with E-state index in [2.05, 4.69) is 9.80 Å². The minimum Gasteiger partial charge on any atom is -0.395 e. The van der Waals surface area contributed by atoms with Gasteiger partial charge in [-0.25, -0.2) is 0 Å². The molecule has 2 fully saturated rings. The lowest BCUT2D eigenvalue weighted by atomic mass is 9.75. The summed E-state index contributed by atoms with van der Waals surface area (Å²) in [6.07, 6.45) is 11.2. The van der Waals surface area contributed by atoms with Crippen molar-refractivity contribution in [2.45, 2.75) is 69.9 Å². The van der Waals surface area contributed by atoms with Crippen LogP contribution in [0.4, 0.5) is 0 Å². The maximum Gasteiger partial charge on any atom is 0.0558 e. The van der Waals surface area contributed by atoms with E-state index in [0.717, 1.165) is 11.8 Å². The van der Waals surface area contributed by atoms with E-state index < -0.39 is 0 Å². The summed E-state index contributed by atoms with van der Waals surface area (Å²) in [5, 5.41) is 36.9. The van der Waals surface area contributed by atoms with Crippen molar-refractivity contribution in [2.75, 3.05) is 52.6 Å². The summed E-state index contributed by atoms with van der Waals surface area (Å²) in [6, 6.07) is 1.06. The molecule has 2 aliphatic carbocycles. The lowest BCUT2D eigenvalue weighted by molar-refractivity contribution is 0.0744.